The Labute approximate surface area is 109 Å². The number of phenolic OH excluding ortho intramolecular Hbond substituents is 2. The molecule has 0 aliphatic rings. The fourth-order valence-electron chi connectivity index (χ4n) is 1.37. The van der Waals surface area contributed by atoms with Crippen molar-refractivity contribution in [3.63, 3.8) is 0 Å². The smallest absolute Gasteiger partial charge is 0.261 e. The third-order valence-electron chi connectivity index (χ3n) is 2.26. The van der Waals surface area contributed by atoms with Crippen molar-refractivity contribution in [1.82, 2.24) is 10.1 Å². The third-order valence-corrected chi connectivity index (χ3v) is 3.35. The highest BCUT2D eigenvalue weighted by Crippen LogP contribution is 2.35. The normalized spacial score (nSPS) is 11.1. The van der Waals surface area contributed by atoms with Gasteiger partial charge in [0.1, 0.15) is 0 Å². The van der Waals surface area contributed by atoms with Gasteiger partial charge in [0.15, 0.2) is 17.3 Å². The van der Waals surface area contributed by atoms with E-state index in [-0.39, 0.29) is 17.4 Å². The van der Waals surface area contributed by atoms with Gasteiger partial charge in [-0.05, 0) is 17.4 Å². The van der Waals surface area contributed by atoms with Gasteiger partial charge in [-0.3, -0.25) is 0 Å². The lowest BCUT2D eigenvalue weighted by Gasteiger charge is -2.00. The largest absolute Gasteiger partial charge is 0.504 e. The van der Waals surface area contributed by atoms with Gasteiger partial charge in [-0.25, -0.2) is 0 Å². The molecule has 96 valence electrons. The van der Waals surface area contributed by atoms with Gasteiger partial charge in [-0.15, -0.1) is 0 Å². The number of phenols is 2. The summed E-state index contributed by atoms with van der Waals surface area (Å²) in [5.74, 6) is 0.989. The molecule has 0 atom stereocenters. The highest BCUT2D eigenvalue weighted by atomic mass is 32.2. The molecule has 0 aliphatic heterocycles. The number of aromatic nitrogens is 2. The quantitative estimate of drug-likeness (QED) is 0.828. The lowest BCUT2D eigenvalue weighted by atomic mass is 10.2. The van der Waals surface area contributed by atoms with Crippen LogP contribution in [0.15, 0.2) is 22.7 Å². The second-order valence-electron chi connectivity index (χ2n) is 4.05. The standard InChI is InChI=1S/C12H14N2O3S/c1-7(2)18-6-10-13-12(17-14-10)8-4-3-5-9(15)11(8)16/h3-5,7,15-16H,6H2,1-2H3. The summed E-state index contributed by atoms with van der Waals surface area (Å²) in [5.41, 5.74) is 0.336. The number of benzene rings is 1. The van der Waals surface area contributed by atoms with E-state index in [1.54, 1.807) is 23.9 Å². The Morgan fingerprint density at radius 3 is 2.83 bits per heavy atom. The lowest BCUT2D eigenvalue weighted by Crippen LogP contribution is -1.90. The zero-order valence-corrected chi connectivity index (χ0v) is 10.9. The first-order valence-electron chi connectivity index (χ1n) is 5.53. The maximum Gasteiger partial charge on any atom is 0.261 e. The molecule has 0 aliphatic carbocycles. The topological polar surface area (TPSA) is 79.4 Å². The zero-order valence-electron chi connectivity index (χ0n) is 10.1. The van der Waals surface area contributed by atoms with Crippen LogP contribution >= 0.6 is 11.8 Å². The number of nitrogens with zero attached hydrogens (tertiary/aromatic N) is 2. The molecule has 0 amide bonds. The van der Waals surface area contributed by atoms with Crippen LogP contribution in [0, 0.1) is 0 Å². The molecule has 0 unspecified atom stereocenters. The van der Waals surface area contributed by atoms with Crippen LogP contribution < -0.4 is 0 Å². The van der Waals surface area contributed by atoms with Gasteiger partial charge in [-0.2, -0.15) is 16.7 Å². The molecule has 18 heavy (non-hydrogen) atoms. The first-order valence-corrected chi connectivity index (χ1v) is 6.58. The SMILES string of the molecule is CC(C)SCc1noc(-c2cccc(O)c2O)n1. The average Bonchev–Trinajstić information content (AvgIpc) is 2.78. The van der Waals surface area contributed by atoms with Gasteiger partial charge in [0.2, 0.25) is 0 Å². The van der Waals surface area contributed by atoms with Gasteiger partial charge >= 0.3 is 0 Å². The van der Waals surface area contributed by atoms with E-state index in [9.17, 15) is 10.2 Å². The van der Waals surface area contributed by atoms with E-state index in [0.29, 0.717) is 22.4 Å². The number of hydrogen-bond acceptors (Lipinski definition) is 6. The van der Waals surface area contributed by atoms with Gasteiger partial charge < -0.3 is 14.7 Å². The number of para-hydroxylation sites is 1. The van der Waals surface area contributed by atoms with E-state index in [0.717, 1.165) is 0 Å². The van der Waals surface area contributed by atoms with E-state index < -0.39 is 0 Å². The van der Waals surface area contributed by atoms with Crippen molar-refractivity contribution in [2.45, 2.75) is 24.9 Å². The van der Waals surface area contributed by atoms with Crippen LogP contribution in [0.4, 0.5) is 0 Å². The fraction of sp³-hybridized carbons (Fsp3) is 0.333. The van der Waals surface area contributed by atoms with Crippen molar-refractivity contribution in [1.29, 1.82) is 0 Å². The van der Waals surface area contributed by atoms with Gasteiger partial charge in [0.25, 0.3) is 5.89 Å². The maximum absolute atomic E-state index is 9.70. The molecule has 2 rings (SSSR count). The van der Waals surface area contributed by atoms with Crippen LogP contribution in [0.5, 0.6) is 11.5 Å². The number of rotatable bonds is 4. The summed E-state index contributed by atoms with van der Waals surface area (Å²) in [6.45, 7) is 4.18. The van der Waals surface area contributed by atoms with Crippen LogP contribution in [0.1, 0.15) is 19.7 Å². The molecule has 1 aromatic heterocycles. The Balaban J connectivity index is 2.21. The van der Waals surface area contributed by atoms with E-state index in [4.69, 9.17) is 4.52 Å². The van der Waals surface area contributed by atoms with Crippen LogP contribution in [0.25, 0.3) is 11.5 Å². The monoisotopic (exact) mass is 266 g/mol. The minimum Gasteiger partial charge on any atom is -0.504 e. The maximum atomic E-state index is 9.70. The first-order chi connectivity index (χ1) is 8.58. The van der Waals surface area contributed by atoms with Crippen LogP contribution in [-0.4, -0.2) is 25.6 Å². The number of thioether (sulfide) groups is 1. The summed E-state index contributed by atoms with van der Waals surface area (Å²) < 4.78 is 5.07. The van der Waals surface area contributed by atoms with Crippen molar-refractivity contribution in [3.05, 3.63) is 24.0 Å². The summed E-state index contributed by atoms with van der Waals surface area (Å²) in [6, 6.07) is 4.61. The number of aromatic hydroxyl groups is 2. The molecule has 0 fully saturated rings. The molecule has 5 nitrogen and oxygen atoms in total. The molecular weight excluding hydrogens is 252 g/mol. The van der Waals surface area contributed by atoms with Crippen molar-refractivity contribution < 1.29 is 14.7 Å². The van der Waals surface area contributed by atoms with Gasteiger partial charge in [-0.1, -0.05) is 25.1 Å². The minimum absolute atomic E-state index is 0.205. The minimum atomic E-state index is -0.246. The number of hydrogen-bond donors (Lipinski definition) is 2. The van der Waals surface area contributed by atoms with Gasteiger partial charge in [0, 0.05) is 0 Å². The van der Waals surface area contributed by atoms with E-state index in [1.165, 1.54) is 6.07 Å². The summed E-state index contributed by atoms with van der Waals surface area (Å²) in [6.07, 6.45) is 0. The second-order valence-corrected chi connectivity index (χ2v) is 5.61. The highest BCUT2D eigenvalue weighted by Gasteiger charge is 2.15. The molecule has 1 aromatic carbocycles. The molecule has 2 aromatic rings. The molecule has 0 saturated carbocycles. The van der Waals surface area contributed by atoms with E-state index in [2.05, 4.69) is 24.0 Å². The summed E-state index contributed by atoms with van der Waals surface area (Å²) in [5, 5.41) is 23.4. The van der Waals surface area contributed by atoms with Crippen molar-refractivity contribution in [3.8, 4) is 23.0 Å². The Morgan fingerprint density at radius 1 is 1.33 bits per heavy atom. The van der Waals surface area contributed by atoms with Gasteiger partial charge in [0.05, 0.1) is 11.3 Å². The van der Waals surface area contributed by atoms with E-state index >= 15 is 0 Å². The van der Waals surface area contributed by atoms with E-state index in [1.807, 2.05) is 0 Å². The predicted molar refractivity (Wildman–Crippen MR) is 69.5 cm³/mol. The summed E-state index contributed by atoms with van der Waals surface area (Å²) in [4.78, 5) is 4.18. The summed E-state index contributed by atoms with van der Waals surface area (Å²) >= 11 is 1.70. The average molecular weight is 266 g/mol. The lowest BCUT2D eigenvalue weighted by molar-refractivity contribution is 0.396. The highest BCUT2D eigenvalue weighted by molar-refractivity contribution is 7.99. The Bertz CT molecular complexity index is 540. The molecule has 2 N–H and O–H groups in total. The Morgan fingerprint density at radius 2 is 2.11 bits per heavy atom. The van der Waals surface area contributed by atoms with Crippen LogP contribution in [-0.2, 0) is 5.75 Å². The molecule has 6 heteroatoms. The predicted octanol–water partition coefficient (Wildman–Crippen LogP) is 2.79. The summed E-state index contributed by atoms with van der Waals surface area (Å²) in [7, 11) is 0. The Kier molecular flexibility index (Phi) is 3.76. The van der Waals surface area contributed by atoms with Crippen LogP contribution in [0.2, 0.25) is 0 Å². The van der Waals surface area contributed by atoms with Crippen molar-refractivity contribution in [2.24, 2.45) is 0 Å². The first kappa shape index (κ1) is 12.8. The third kappa shape index (κ3) is 2.76. The molecular formula is C12H14N2O3S. The molecule has 0 spiro atoms. The second kappa shape index (κ2) is 5.30. The molecule has 0 saturated heterocycles. The van der Waals surface area contributed by atoms with Crippen LogP contribution in [0.3, 0.4) is 0 Å². The molecule has 0 bridgehead atoms. The Hall–Kier alpha value is -1.69. The zero-order chi connectivity index (χ0) is 13.1. The van der Waals surface area contributed by atoms with Crippen molar-refractivity contribution >= 4 is 11.8 Å². The van der Waals surface area contributed by atoms with Crippen molar-refractivity contribution in [2.75, 3.05) is 0 Å². The fourth-order valence-corrected chi connectivity index (χ4v) is 1.97. The molecule has 1 heterocycles. The molecule has 0 radical (unpaired) electrons.